The first-order valence-electron chi connectivity index (χ1n) is 4.17. The van der Waals surface area contributed by atoms with Crippen LogP contribution >= 0.6 is 0 Å². The highest BCUT2D eigenvalue weighted by atomic mass is 15.3. The van der Waals surface area contributed by atoms with E-state index in [2.05, 4.69) is 13.0 Å². The third-order valence-electron chi connectivity index (χ3n) is 1.93. The molecule has 1 N–H and O–H groups in total. The summed E-state index contributed by atoms with van der Waals surface area (Å²) >= 11 is 0. The second-order valence-corrected chi connectivity index (χ2v) is 3.03. The predicted octanol–water partition coefficient (Wildman–Crippen LogP) is 2.42. The molecule has 64 valence electrons. The maximum absolute atomic E-state index is 7.70. The molecule has 1 atom stereocenters. The lowest BCUT2D eigenvalue weighted by Crippen LogP contribution is -2.38. The second kappa shape index (κ2) is 3.50. The third kappa shape index (κ3) is 1.71. The number of amidine groups is 1. The first kappa shape index (κ1) is 8.94. The zero-order valence-corrected chi connectivity index (χ0v) is 7.62. The molecule has 12 heavy (non-hydrogen) atoms. The van der Waals surface area contributed by atoms with Gasteiger partial charge in [-0.3, -0.25) is 0 Å². The summed E-state index contributed by atoms with van der Waals surface area (Å²) < 4.78 is 0.477. The van der Waals surface area contributed by atoms with E-state index >= 15 is 0 Å². The van der Waals surface area contributed by atoms with E-state index in [0.717, 1.165) is 6.42 Å². The van der Waals surface area contributed by atoms with Crippen molar-refractivity contribution in [3.8, 4) is 0 Å². The van der Waals surface area contributed by atoms with Gasteiger partial charge in [-0.1, -0.05) is 6.92 Å². The van der Waals surface area contributed by atoms with Crippen molar-refractivity contribution in [1.29, 1.82) is 5.41 Å². The predicted molar refractivity (Wildman–Crippen MR) is 51.6 cm³/mol. The number of hydrogen-bond donors (Lipinski definition) is 1. The van der Waals surface area contributed by atoms with Crippen molar-refractivity contribution in [3.05, 3.63) is 36.7 Å². The highest BCUT2D eigenvalue weighted by Gasteiger charge is 2.21. The molecule has 1 aliphatic heterocycles. The minimum atomic E-state index is 0.477. The number of hydrogen-bond acceptors (Lipinski definition) is 1. The third-order valence-corrected chi connectivity index (χ3v) is 1.93. The van der Waals surface area contributed by atoms with Crippen molar-refractivity contribution in [2.24, 2.45) is 0 Å². The Morgan fingerprint density at radius 2 is 2.25 bits per heavy atom. The van der Waals surface area contributed by atoms with E-state index in [1.165, 1.54) is 0 Å². The van der Waals surface area contributed by atoms with Gasteiger partial charge in [-0.05, 0) is 24.6 Å². The van der Waals surface area contributed by atoms with Crippen LogP contribution in [0.15, 0.2) is 36.7 Å². The fraction of sp³-hybridized carbons (Fsp3) is 0.300. The van der Waals surface area contributed by atoms with Gasteiger partial charge in [0.15, 0.2) is 0 Å². The summed E-state index contributed by atoms with van der Waals surface area (Å²) in [5, 5.41) is 7.70. The Morgan fingerprint density at radius 3 is 2.83 bits per heavy atom. The maximum Gasteiger partial charge on any atom is 0.229 e. The van der Waals surface area contributed by atoms with Crippen molar-refractivity contribution >= 4 is 5.84 Å². The van der Waals surface area contributed by atoms with Gasteiger partial charge in [0.05, 0.1) is 7.05 Å². The molecule has 1 heterocycles. The maximum atomic E-state index is 7.70. The lowest BCUT2D eigenvalue weighted by molar-refractivity contribution is -0.707. The van der Waals surface area contributed by atoms with Gasteiger partial charge in [-0.25, -0.2) is 9.89 Å². The Kier molecular flexibility index (Phi) is 2.61. The molecular weight excluding hydrogens is 148 g/mol. The van der Waals surface area contributed by atoms with Gasteiger partial charge in [0.1, 0.15) is 12.4 Å². The molecule has 0 spiro atoms. The zero-order chi connectivity index (χ0) is 9.03. The van der Waals surface area contributed by atoms with Crippen LogP contribution in [0.2, 0.25) is 0 Å². The van der Waals surface area contributed by atoms with E-state index < -0.39 is 0 Å². The Balaban J connectivity index is 2.83. The second-order valence-electron chi connectivity index (χ2n) is 3.03. The molecule has 0 fully saturated rings. The molecule has 0 aromatic rings. The van der Waals surface area contributed by atoms with Crippen LogP contribution in [0.3, 0.4) is 0 Å². The van der Waals surface area contributed by atoms with Gasteiger partial charge in [0.25, 0.3) is 0 Å². The molecule has 0 amide bonds. The zero-order valence-electron chi connectivity index (χ0n) is 7.62. The Bertz CT molecular complexity index is 261. The average molecular weight is 163 g/mol. The topological polar surface area (TPSA) is 23.9 Å². The van der Waals surface area contributed by atoms with Crippen LogP contribution in [0.4, 0.5) is 0 Å². The van der Waals surface area contributed by atoms with E-state index in [-0.39, 0.29) is 0 Å². The largest absolute Gasteiger partial charge is 0.250 e. The van der Waals surface area contributed by atoms with E-state index in [1.54, 1.807) is 0 Å². The molecular formula is C10H15N2+. The van der Waals surface area contributed by atoms with Crippen LogP contribution in [0, 0.1) is 5.41 Å². The van der Waals surface area contributed by atoms with E-state index in [1.807, 2.05) is 37.7 Å². The van der Waals surface area contributed by atoms with Crippen molar-refractivity contribution in [2.45, 2.75) is 13.3 Å². The molecule has 0 saturated heterocycles. The van der Waals surface area contributed by atoms with Gasteiger partial charge >= 0.3 is 0 Å². The molecule has 0 aromatic heterocycles. The summed E-state index contributed by atoms with van der Waals surface area (Å²) in [6.07, 6.45) is 12.8. The monoisotopic (exact) mass is 163 g/mol. The molecule has 1 rings (SSSR count). The molecule has 1 aliphatic rings. The molecule has 0 saturated carbocycles. The van der Waals surface area contributed by atoms with E-state index in [9.17, 15) is 0 Å². The first-order valence-corrected chi connectivity index (χ1v) is 4.17. The molecule has 2 heteroatoms. The lowest BCUT2D eigenvalue weighted by atomic mass is 10.3. The standard InChI is InChI=1S/C10H15N2/c1-3-4-8-12(2)9-6-5-7-10(12)11/h4-9,11H,3H2,1-2H3/q+1/b8-4-,11-10?. The summed E-state index contributed by atoms with van der Waals surface area (Å²) in [6, 6.07) is 0. The van der Waals surface area contributed by atoms with Crippen LogP contribution in [0.1, 0.15) is 13.3 Å². The summed E-state index contributed by atoms with van der Waals surface area (Å²) in [6.45, 7) is 2.09. The fourth-order valence-electron chi connectivity index (χ4n) is 1.07. The van der Waals surface area contributed by atoms with Crippen molar-refractivity contribution in [2.75, 3.05) is 7.05 Å². The summed E-state index contributed by atoms with van der Waals surface area (Å²) in [5.74, 6) is 0.599. The molecule has 2 nitrogen and oxygen atoms in total. The lowest BCUT2D eigenvalue weighted by Gasteiger charge is -2.25. The number of nitrogens with one attached hydrogen (secondary N) is 1. The first-order chi connectivity index (χ1) is 5.69. The van der Waals surface area contributed by atoms with Gasteiger partial charge < -0.3 is 0 Å². The summed E-state index contributed by atoms with van der Waals surface area (Å²) in [7, 11) is 1.99. The Labute approximate surface area is 73.6 Å². The van der Waals surface area contributed by atoms with Crippen LogP contribution in [0.25, 0.3) is 0 Å². The summed E-state index contributed by atoms with van der Waals surface area (Å²) in [4.78, 5) is 0. The van der Waals surface area contributed by atoms with Gasteiger partial charge in [0, 0.05) is 6.08 Å². The van der Waals surface area contributed by atoms with Gasteiger partial charge in [0.2, 0.25) is 5.84 Å². The van der Waals surface area contributed by atoms with Gasteiger partial charge in [-0.2, -0.15) is 0 Å². The molecule has 0 radical (unpaired) electrons. The molecule has 1 unspecified atom stereocenters. The number of likely N-dealkylation sites (N-methyl/N-ethyl adjacent to an activating group) is 1. The molecule has 0 aromatic carbocycles. The summed E-state index contributed by atoms with van der Waals surface area (Å²) in [5.41, 5.74) is 0. The quantitative estimate of drug-likeness (QED) is 0.604. The van der Waals surface area contributed by atoms with Crippen molar-refractivity contribution < 1.29 is 4.48 Å². The number of rotatable bonds is 2. The highest BCUT2D eigenvalue weighted by molar-refractivity contribution is 5.86. The number of quaternary nitrogens is 1. The fourth-order valence-corrected chi connectivity index (χ4v) is 1.07. The number of nitrogens with zero attached hydrogens (tertiary/aromatic N) is 1. The smallest absolute Gasteiger partial charge is 0.229 e. The van der Waals surface area contributed by atoms with Crippen LogP contribution < -0.4 is 0 Å². The average Bonchev–Trinajstić information content (AvgIpc) is 2.07. The van der Waals surface area contributed by atoms with E-state index in [0.29, 0.717) is 10.3 Å². The van der Waals surface area contributed by atoms with Crippen LogP contribution in [0.5, 0.6) is 0 Å². The van der Waals surface area contributed by atoms with Crippen molar-refractivity contribution in [3.63, 3.8) is 0 Å². The SMILES string of the molecule is CC/C=C\[N+]1(C)C=CC=CC1=N. The minimum Gasteiger partial charge on any atom is -0.250 e. The molecule has 0 bridgehead atoms. The van der Waals surface area contributed by atoms with Gasteiger partial charge in [-0.15, -0.1) is 0 Å². The normalized spacial score (nSPS) is 28.7. The van der Waals surface area contributed by atoms with E-state index in [4.69, 9.17) is 5.41 Å². The molecule has 0 aliphatic carbocycles. The Morgan fingerprint density at radius 1 is 1.50 bits per heavy atom. The van der Waals surface area contributed by atoms with Crippen LogP contribution in [-0.4, -0.2) is 17.4 Å². The van der Waals surface area contributed by atoms with Crippen LogP contribution in [-0.2, 0) is 0 Å². The Hall–Kier alpha value is -1.15. The highest BCUT2D eigenvalue weighted by Crippen LogP contribution is 2.12. The minimum absolute atomic E-state index is 0.477. The number of allylic oxidation sites excluding steroid dienone is 3. The van der Waals surface area contributed by atoms with Crippen molar-refractivity contribution in [1.82, 2.24) is 0 Å².